The number of hydrogen-bond donors (Lipinski definition) is 2. The molecule has 0 saturated carbocycles. The van der Waals surface area contributed by atoms with Crippen LogP contribution in [0.3, 0.4) is 0 Å². The van der Waals surface area contributed by atoms with Crippen LogP contribution in [0.2, 0.25) is 0 Å². The van der Waals surface area contributed by atoms with Crippen molar-refractivity contribution in [1.82, 2.24) is 9.88 Å². The molecule has 0 aromatic carbocycles. The van der Waals surface area contributed by atoms with Crippen LogP contribution < -0.4 is 5.73 Å². The number of aliphatic hydroxyl groups excluding tert-OH is 1. The molecule has 1 saturated heterocycles. The van der Waals surface area contributed by atoms with Crippen LogP contribution in [0.15, 0.2) is 18.3 Å². The van der Waals surface area contributed by atoms with Crippen molar-refractivity contribution in [2.24, 2.45) is 0 Å². The van der Waals surface area contributed by atoms with Gasteiger partial charge in [-0.1, -0.05) is 13.0 Å². The summed E-state index contributed by atoms with van der Waals surface area (Å²) in [6.45, 7) is 6.48. The number of likely N-dealkylation sites (tertiary alicyclic amines) is 1. The fourth-order valence-corrected chi connectivity index (χ4v) is 2.95. The van der Waals surface area contributed by atoms with Crippen LogP contribution in [0.5, 0.6) is 0 Å². The second-order valence-electron chi connectivity index (χ2n) is 5.67. The van der Waals surface area contributed by atoms with E-state index in [0.717, 1.165) is 25.1 Å². The summed E-state index contributed by atoms with van der Waals surface area (Å²) < 4.78 is 0. The fourth-order valence-electron chi connectivity index (χ4n) is 2.95. The summed E-state index contributed by atoms with van der Waals surface area (Å²) in [7, 11) is 0. The van der Waals surface area contributed by atoms with Gasteiger partial charge in [-0.3, -0.25) is 4.90 Å². The molecule has 1 fully saturated rings. The number of hydrogen-bond acceptors (Lipinski definition) is 4. The third-order valence-corrected chi connectivity index (χ3v) is 4.60. The normalized spacial score (nSPS) is 21.2. The number of aromatic nitrogens is 1. The molecule has 4 nitrogen and oxygen atoms in total. The molecule has 1 aliphatic rings. The van der Waals surface area contributed by atoms with E-state index < -0.39 is 6.10 Å². The molecular weight excluding hydrogens is 238 g/mol. The van der Waals surface area contributed by atoms with Gasteiger partial charge in [0.1, 0.15) is 5.82 Å². The molecule has 0 spiro atoms. The summed E-state index contributed by atoms with van der Waals surface area (Å²) in [5, 5.41) is 10.7. The molecule has 19 heavy (non-hydrogen) atoms. The Kier molecular flexibility index (Phi) is 4.42. The van der Waals surface area contributed by atoms with E-state index >= 15 is 0 Å². The van der Waals surface area contributed by atoms with E-state index in [4.69, 9.17) is 5.73 Å². The average molecular weight is 263 g/mol. The van der Waals surface area contributed by atoms with Gasteiger partial charge in [0.05, 0.1) is 6.10 Å². The first-order valence-electron chi connectivity index (χ1n) is 7.20. The van der Waals surface area contributed by atoms with Crippen LogP contribution in [0, 0.1) is 0 Å². The van der Waals surface area contributed by atoms with Gasteiger partial charge in [0.2, 0.25) is 0 Å². The van der Waals surface area contributed by atoms with E-state index in [2.05, 4.69) is 23.7 Å². The second kappa shape index (κ2) is 5.88. The summed E-state index contributed by atoms with van der Waals surface area (Å²) in [5.74, 6) is 0.529. The summed E-state index contributed by atoms with van der Waals surface area (Å²) in [5.41, 5.74) is 6.64. The summed E-state index contributed by atoms with van der Waals surface area (Å²) in [6, 6.07) is 3.82. The van der Waals surface area contributed by atoms with Crippen molar-refractivity contribution in [2.45, 2.75) is 51.2 Å². The van der Waals surface area contributed by atoms with Gasteiger partial charge in [-0.05, 0) is 50.9 Å². The first-order valence-corrected chi connectivity index (χ1v) is 7.20. The van der Waals surface area contributed by atoms with Gasteiger partial charge < -0.3 is 10.8 Å². The van der Waals surface area contributed by atoms with Gasteiger partial charge in [0.15, 0.2) is 0 Å². The smallest absolute Gasteiger partial charge is 0.126 e. The SMILES string of the molecule is CCC(C)(C(O)Cc1cccnc1N)N1CCCC1. The first kappa shape index (κ1) is 14.3. The highest BCUT2D eigenvalue weighted by atomic mass is 16.3. The minimum Gasteiger partial charge on any atom is -0.391 e. The van der Waals surface area contributed by atoms with E-state index in [-0.39, 0.29) is 5.54 Å². The topological polar surface area (TPSA) is 62.4 Å². The van der Waals surface area contributed by atoms with Crippen molar-refractivity contribution in [3.63, 3.8) is 0 Å². The Morgan fingerprint density at radius 3 is 2.74 bits per heavy atom. The molecule has 2 rings (SSSR count). The van der Waals surface area contributed by atoms with Crippen LogP contribution in [0.4, 0.5) is 5.82 Å². The zero-order valence-corrected chi connectivity index (χ0v) is 12.0. The van der Waals surface area contributed by atoms with Crippen molar-refractivity contribution in [1.29, 1.82) is 0 Å². The van der Waals surface area contributed by atoms with Gasteiger partial charge in [0, 0.05) is 18.2 Å². The minimum atomic E-state index is -0.415. The van der Waals surface area contributed by atoms with Crippen LogP contribution >= 0.6 is 0 Å². The van der Waals surface area contributed by atoms with Crippen molar-refractivity contribution < 1.29 is 5.11 Å². The largest absolute Gasteiger partial charge is 0.391 e. The Morgan fingerprint density at radius 1 is 1.47 bits per heavy atom. The van der Waals surface area contributed by atoms with Gasteiger partial charge in [-0.25, -0.2) is 4.98 Å². The average Bonchev–Trinajstić information content (AvgIpc) is 2.95. The van der Waals surface area contributed by atoms with Gasteiger partial charge in [-0.2, -0.15) is 0 Å². The van der Waals surface area contributed by atoms with Crippen LogP contribution in [-0.4, -0.2) is 39.7 Å². The fraction of sp³-hybridized carbons (Fsp3) is 0.667. The van der Waals surface area contributed by atoms with E-state index in [0.29, 0.717) is 12.2 Å². The Bertz CT molecular complexity index is 418. The Labute approximate surface area is 115 Å². The molecule has 1 aliphatic heterocycles. The van der Waals surface area contributed by atoms with Crippen molar-refractivity contribution in [3.8, 4) is 0 Å². The standard InChI is InChI=1S/C15H25N3O/c1-3-15(2,18-9-4-5-10-18)13(19)11-12-7-6-8-17-14(12)16/h6-8,13,19H,3-5,9-11H2,1-2H3,(H2,16,17). The lowest BCUT2D eigenvalue weighted by atomic mass is 9.86. The van der Waals surface area contributed by atoms with Crippen molar-refractivity contribution in [2.75, 3.05) is 18.8 Å². The molecule has 2 heterocycles. The monoisotopic (exact) mass is 263 g/mol. The maximum atomic E-state index is 10.7. The molecule has 2 unspecified atom stereocenters. The molecule has 106 valence electrons. The third kappa shape index (κ3) is 2.90. The molecule has 2 atom stereocenters. The van der Waals surface area contributed by atoms with Crippen LogP contribution in [-0.2, 0) is 6.42 Å². The first-order chi connectivity index (χ1) is 9.08. The highest BCUT2D eigenvalue weighted by Gasteiger charge is 2.38. The zero-order valence-electron chi connectivity index (χ0n) is 12.0. The minimum absolute atomic E-state index is 0.168. The van der Waals surface area contributed by atoms with Gasteiger partial charge >= 0.3 is 0 Å². The maximum absolute atomic E-state index is 10.7. The third-order valence-electron chi connectivity index (χ3n) is 4.60. The lowest BCUT2D eigenvalue weighted by Gasteiger charge is -2.42. The molecule has 0 bridgehead atoms. The van der Waals surface area contributed by atoms with Gasteiger partial charge in [0.25, 0.3) is 0 Å². The Balaban J connectivity index is 2.12. The number of aliphatic hydroxyl groups is 1. The lowest BCUT2D eigenvalue weighted by Crippen LogP contribution is -2.53. The number of nitrogen functional groups attached to an aromatic ring is 1. The molecule has 0 amide bonds. The number of pyridine rings is 1. The molecule has 3 N–H and O–H groups in total. The van der Waals surface area contributed by atoms with Crippen LogP contribution in [0.1, 0.15) is 38.7 Å². The van der Waals surface area contributed by atoms with Crippen molar-refractivity contribution >= 4 is 5.82 Å². The highest BCUT2D eigenvalue weighted by molar-refractivity contribution is 5.39. The van der Waals surface area contributed by atoms with E-state index in [1.807, 2.05) is 12.1 Å². The van der Waals surface area contributed by atoms with E-state index in [1.165, 1.54) is 12.8 Å². The quantitative estimate of drug-likeness (QED) is 0.851. The van der Waals surface area contributed by atoms with Crippen molar-refractivity contribution in [3.05, 3.63) is 23.9 Å². The van der Waals surface area contributed by atoms with E-state index in [9.17, 15) is 5.11 Å². The number of nitrogens with two attached hydrogens (primary N) is 1. The second-order valence-corrected chi connectivity index (χ2v) is 5.67. The zero-order chi connectivity index (χ0) is 13.9. The molecule has 0 radical (unpaired) electrons. The summed E-state index contributed by atoms with van der Waals surface area (Å²) >= 11 is 0. The lowest BCUT2D eigenvalue weighted by molar-refractivity contribution is -0.0116. The molecule has 0 aliphatic carbocycles. The van der Waals surface area contributed by atoms with Gasteiger partial charge in [-0.15, -0.1) is 0 Å². The number of anilines is 1. The molecular formula is C15H25N3O. The molecule has 4 heteroatoms. The Morgan fingerprint density at radius 2 is 2.16 bits per heavy atom. The highest BCUT2D eigenvalue weighted by Crippen LogP contribution is 2.30. The number of rotatable bonds is 5. The number of nitrogens with zero attached hydrogens (tertiary/aromatic N) is 2. The Hall–Kier alpha value is -1.13. The van der Waals surface area contributed by atoms with E-state index in [1.54, 1.807) is 6.20 Å². The predicted octanol–water partition coefficient (Wildman–Crippen LogP) is 1.83. The maximum Gasteiger partial charge on any atom is 0.126 e. The van der Waals surface area contributed by atoms with Crippen LogP contribution in [0.25, 0.3) is 0 Å². The summed E-state index contributed by atoms with van der Waals surface area (Å²) in [6.07, 6.45) is 5.25. The predicted molar refractivity (Wildman–Crippen MR) is 77.9 cm³/mol. The summed E-state index contributed by atoms with van der Waals surface area (Å²) in [4.78, 5) is 6.51. The molecule has 1 aromatic rings. The molecule has 1 aromatic heterocycles.